The monoisotopic (exact) mass is 233 g/mol. The number of carbonyl (C=O) groups excluding carboxylic acids is 1. The van der Waals surface area contributed by atoms with Crippen LogP contribution in [0.15, 0.2) is 12.1 Å². The first kappa shape index (κ1) is 12.0. The van der Waals surface area contributed by atoms with Crippen LogP contribution in [-0.4, -0.2) is 12.9 Å². The summed E-state index contributed by atoms with van der Waals surface area (Å²) >= 11 is 0. The fraction of sp³-hybridized carbons (Fsp3) is 0.500. The van der Waals surface area contributed by atoms with E-state index in [2.05, 4.69) is 20.8 Å². The Morgan fingerprint density at radius 1 is 1.47 bits per heavy atom. The van der Waals surface area contributed by atoms with Crippen molar-refractivity contribution in [2.75, 3.05) is 12.3 Å². The van der Waals surface area contributed by atoms with Crippen molar-refractivity contribution in [3.05, 3.63) is 23.3 Å². The van der Waals surface area contributed by atoms with Gasteiger partial charge in [-0.1, -0.05) is 20.8 Å². The number of hydrogen-bond acceptors (Lipinski definition) is 3. The molecule has 0 aromatic heterocycles. The lowest BCUT2D eigenvalue weighted by Crippen LogP contribution is -2.20. The molecule has 0 fully saturated rings. The maximum absolute atomic E-state index is 11.1. The molecule has 0 saturated carbocycles. The summed E-state index contributed by atoms with van der Waals surface area (Å²) in [6.07, 6.45) is 1.85. The van der Waals surface area contributed by atoms with Crippen molar-refractivity contribution in [1.82, 2.24) is 0 Å². The van der Waals surface area contributed by atoms with Gasteiger partial charge in [0.2, 0.25) is 0 Å². The molecule has 1 aliphatic rings. The lowest BCUT2D eigenvalue weighted by molar-refractivity contribution is 0.111. The fourth-order valence-corrected chi connectivity index (χ4v) is 2.69. The molecule has 1 aromatic rings. The number of fused-ring (bicyclic) bond motifs is 1. The lowest BCUT2D eigenvalue weighted by Gasteiger charge is -2.26. The normalized spacial score (nSPS) is 22.2. The van der Waals surface area contributed by atoms with E-state index in [4.69, 9.17) is 10.5 Å². The minimum absolute atomic E-state index is 0.0155. The molecule has 0 amide bonds. The van der Waals surface area contributed by atoms with E-state index in [0.29, 0.717) is 29.5 Å². The van der Waals surface area contributed by atoms with Crippen molar-refractivity contribution in [1.29, 1.82) is 0 Å². The Morgan fingerprint density at radius 2 is 2.18 bits per heavy atom. The zero-order chi connectivity index (χ0) is 12.6. The Hall–Kier alpha value is -1.51. The van der Waals surface area contributed by atoms with E-state index in [9.17, 15) is 4.79 Å². The van der Waals surface area contributed by atoms with E-state index in [-0.39, 0.29) is 5.41 Å². The molecule has 3 heteroatoms. The Balaban J connectivity index is 2.63. The van der Waals surface area contributed by atoms with Crippen molar-refractivity contribution in [3.8, 4) is 5.75 Å². The molecular weight excluding hydrogens is 214 g/mol. The second-order valence-corrected chi connectivity index (χ2v) is 5.61. The van der Waals surface area contributed by atoms with Gasteiger partial charge < -0.3 is 10.5 Å². The highest BCUT2D eigenvalue weighted by Crippen LogP contribution is 2.42. The van der Waals surface area contributed by atoms with Crippen molar-refractivity contribution < 1.29 is 9.53 Å². The summed E-state index contributed by atoms with van der Waals surface area (Å²) in [6.45, 7) is 7.16. The highest BCUT2D eigenvalue weighted by molar-refractivity contribution is 5.83. The van der Waals surface area contributed by atoms with Crippen LogP contribution in [0.5, 0.6) is 5.75 Å². The zero-order valence-corrected chi connectivity index (χ0v) is 10.6. The average molecular weight is 233 g/mol. The molecule has 1 atom stereocenters. The smallest absolute Gasteiger partial charge is 0.153 e. The number of hydrogen-bond donors (Lipinski definition) is 1. The quantitative estimate of drug-likeness (QED) is 0.599. The number of carbonyl (C=O) groups is 1. The molecule has 3 nitrogen and oxygen atoms in total. The molecule has 0 saturated heterocycles. The number of ether oxygens (including phenoxy) is 1. The fourth-order valence-electron chi connectivity index (χ4n) is 2.69. The van der Waals surface area contributed by atoms with Crippen molar-refractivity contribution in [3.63, 3.8) is 0 Å². The van der Waals surface area contributed by atoms with Crippen molar-refractivity contribution >= 4 is 12.0 Å². The zero-order valence-electron chi connectivity index (χ0n) is 10.6. The molecule has 2 N–H and O–H groups in total. The first-order chi connectivity index (χ1) is 7.94. The highest BCUT2D eigenvalue weighted by Gasteiger charge is 2.31. The summed E-state index contributed by atoms with van der Waals surface area (Å²) in [6, 6.07) is 3.61. The van der Waals surface area contributed by atoms with Crippen LogP contribution in [0.2, 0.25) is 0 Å². The molecule has 2 rings (SSSR count). The van der Waals surface area contributed by atoms with Gasteiger partial charge in [-0.05, 0) is 29.9 Å². The van der Waals surface area contributed by atoms with Crippen LogP contribution in [0.1, 0.15) is 43.1 Å². The topological polar surface area (TPSA) is 52.3 Å². The maximum atomic E-state index is 11.1. The molecular formula is C14H19NO2. The van der Waals surface area contributed by atoms with Gasteiger partial charge in [-0.15, -0.1) is 0 Å². The van der Waals surface area contributed by atoms with E-state index in [1.54, 1.807) is 6.07 Å². The number of benzene rings is 1. The molecule has 1 heterocycles. The Kier molecular flexibility index (Phi) is 2.86. The van der Waals surface area contributed by atoms with Crippen molar-refractivity contribution in [2.24, 2.45) is 5.92 Å². The van der Waals surface area contributed by atoms with Gasteiger partial charge in [-0.25, -0.2) is 0 Å². The standard InChI is InChI=1S/C14H19NO2/c1-9-6-14(2,3)12-5-11(15)4-10(7-16)13(12)17-8-9/h4-5,7,9H,6,8,15H2,1-3H3. The number of nitrogens with two attached hydrogens (primary N) is 1. The lowest BCUT2D eigenvalue weighted by atomic mass is 9.77. The van der Waals surface area contributed by atoms with Crippen LogP contribution in [-0.2, 0) is 5.41 Å². The van der Waals surface area contributed by atoms with Crippen LogP contribution >= 0.6 is 0 Å². The second kappa shape index (κ2) is 4.06. The van der Waals surface area contributed by atoms with Gasteiger partial charge in [0.15, 0.2) is 6.29 Å². The largest absolute Gasteiger partial charge is 0.492 e. The van der Waals surface area contributed by atoms with Gasteiger partial charge in [0.05, 0.1) is 12.2 Å². The average Bonchev–Trinajstić information content (AvgIpc) is 2.35. The molecule has 0 bridgehead atoms. The summed E-state index contributed by atoms with van der Waals surface area (Å²) in [5.41, 5.74) is 8.06. The van der Waals surface area contributed by atoms with Crippen LogP contribution in [0.4, 0.5) is 5.69 Å². The van der Waals surface area contributed by atoms with Crippen molar-refractivity contribution in [2.45, 2.75) is 32.6 Å². The highest BCUT2D eigenvalue weighted by atomic mass is 16.5. The summed E-state index contributed by atoms with van der Waals surface area (Å²) < 4.78 is 5.79. The Labute approximate surface area is 102 Å². The molecule has 92 valence electrons. The van der Waals surface area contributed by atoms with Crippen LogP contribution in [0.3, 0.4) is 0 Å². The first-order valence-corrected chi connectivity index (χ1v) is 5.96. The van der Waals surface area contributed by atoms with E-state index < -0.39 is 0 Å². The molecule has 1 aliphatic heterocycles. The number of rotatable bonds is 1. The predicted octanol–water partition coefficient (Wildman–Crippen LogP) is 2.78. The van der Waals surface area contributed by atoms with Gasteiger partial charge in [0, 0.05) is 11.3 Å². The Morgan fingerprint density at radius 3 is 2.82 bits per heavy atom. The van der Waals surface area contributed by atoms with Crippen LogP contribution in [0.25, 0.3) is 0 Å². The molecule has 0 aliphatic carbocycles. The molecule has 0 spiro atoms. The summed E-state index contributed by atoms with van der Waals surface area (Å²) in [4.78, 5) is 11.1. The van der Waals surface area contributed by atoms with E-state index >= 15 is 0 Å². The Bertz CT molecular complexity index is 452. The summed E-state index contributed by atoms with van der Waals surface area (Å²) in [7, 11) is 0. The predicted molar refractivity (Wildman–Crippen MR) is 68.5 cm³/mol. The van der Waals surface area contributed by atoms with Gasteiger partial charge >= 0.3 is 0 Å². The molecule has 1 aromatic carbocycles. The number of anilines is 1. The minimum Gasteiger partial charge on any atom is -0.492 e. The second-order valence-electron chi connectivity index (χ2n) is 5.61. The van der Waals surface area contributed by atoms with E-state index in [1.165, 1.54) is 0 Å². The summed E-state index contributed by atoms with van der Waals surface area (Å²) in [5.74, 6) is 1.18. The van der Waals surface area contributed by atoms with Crippen LogP contribution < -0.4 is 10.5 Å². The van der Waals surface area contributed by atoms with Gasteiger partial charge in [0.25, 0.3) is 0 Å². The molecule has 0 radical (unpaired) electrons. The number of nitrogen functional groups attached to an aromatic ring is 1. The van der Waals surface area contributed by atoms with E-state index in [1.807, 2.05) is 6.07 Å². The number of aldehydes is 1. The van der Waals surface area contributed by atoms with E-state index in [0.717, 1.165) is 18.3 Å². The summed E-state index contributed by atoms with van der Waals surface area (Å²) in [5, 5.41) is 0. The molecule has 1 unspecified atom stereocenters. The van der Waals surface area contributed by atoms with Gasteiger partial charge in [-0.2, -0.15) is 0 Å². The van der Waals surface area contributed by atoms with Gasteiger partial charge in [-0.3, -0.25) is 4.79 Å². The minimum atomic E-state index is -0.0155. The maximum Gasteiger partial charge on any atom is 0.153 e. The third-order valence-electron chi connectivity index (χ3n) is 3.37. The third-order valence-corrected chi connectivity index (χ3v) is 3.37. The first-order valence-electron chi connectivity index (χ1n) is 5.96. The SMILES string of the molecule is CC1COc2c(C=O)cc(N)cc2C(C)(C)C1. The van der Waals surface area contributed by atoms with Crippen LogP contribution in [0, 0.1) is 5.92 Å². The van der Waals surface area contributed by atoms with Gasteiger partial charge in [0.1, 0.15) is 5.75 Å². The molecule has 17 heavy (non-hydrogen) atoms. The third kappa shape index (κ3) is 2.14.